The minimum atomic E-state index is -3.14. The second-order valence-electron chi connectivity index (χ2n) is 7.37. The number of halogens is 1. The topological polar surface area (TPSA) is 77.0 Å². The highest BCUT2D eigenvalue weighted by Gasteiger charge is 2.20. The minimum absolute atomic E-state index is 0. The number of hydrogen-bond acceptors (Lipinski definition) is 5. The van der Waals surface area contributed by atoms with E-state index in [4.69, 9.17) is 0 Å². The highest BCUT2D eigenvalue weighted by atomic mass is 127. The first-order chi connectivity index (χ1) is 13.3. The molecule has 1 unspecified atom stereocenters. The Labute approximate surface area is 193 Å². The molecule has 0 amide bonds. The predicted molar refractivity (Wildman–Crippen MR) is 131 cm³/mol. The number of benzene rings is 1. The van der Waals surface area contributed by atoms with Gasteiger partial charge in [-0.25, -0.2) is 8.42 Å². The number of nitrogens with zero attached hydrogens (tertiary/aromatic N) is 3. The van der Waals surface area contributed by atoms with Crippen LogP contribution in [-0.2, 0) is 16.3 Å². The van der Waals surface area contributed by atoms with Crippen LogP contribution in [0.2, 0.25) is 0 Å². The first kappa shape index (κ1) is 26.1. The van der Waals surface area contributed by atoms with E-state index in [1.165, 1.54) is 6.26 Å². The number of piperazine rings is 1. The number of guanidine groups is 1. The molecule has 1 heterocycles. The predicted octanol–water partition coefficient (Wildman–Crippen LogP) is 1.44. The van der Waals surface area contributed by atoms with E-state index in [1.807, 2.05) is 12.1 Å². The van der Waals surface area contributed by atoms with Crippen molar-refractivity contribution in [2.75, 3.05) is 59.1 Å². The second-order valence-corrected chi connectivity index (χ2v) is 9.38. The standard InChI is InChI=1S/C20H35N5O2S.HI/c1-5-24-12-14-25(15-13-24)17(2)16-23-20(21-3)22-11-10-18-6-8-19(9-7-18)28(4,26)27;/h6-9,17H,5,10-16H2,1-4H3,(H2,21,22,23);1H. The van der Waals surface area contributed by atoms with E-state index < -0.39 is 9.84 Å². The number of rotatable bonds is 8. The molecule has 1 fully saturated rings. The van der Waals surface area contributed by atoms with Gasteiger partial charge in [0.15, 0.2) is 15.8 Å². The summed E-state index contributed by atoms with van der Waals surface area (Å²) in [7, 11) is -1.36. The molecule has 0 spiro atoms. The third kappa shape index (κ3) is 8.77. The molecule has 1 saturated heterocycles. The third-order valence-corrected chi connectivity index (χ3v) is 6.45. The van der Waals surface area contributed by atoms with Gasteiger partial charge in [0, 0.05) is 58.6 Å². The van der Waals surface area contributed by atoms with Crippen molar-refractivity contribution < 1.29 is 8.42 Å². The molecule has 1 aliphatic rings. The first-order valence-corrected chi connectivity index (χ1v) is 11.9. The van der Waals surface area contributed by atoms with Gasteiger partial charge in [-0.1, -0.05) is 19.1 Å². The molecule has 1 aliphatic heterocycles. The van der Waals surface area contributed by atoms with Crippen molar-refractivity contribution in [2.45, 2.75) is 31.2 Å². The van der Waals surface area contributed by atoms with Gasteiger partial charge in [-0.15, -0.1) is 24.0 Å². The molecule has 0 aliphatic carbocycles. The zero-order valence-electron chi connectivity index (χ0n) is 18.0. The van der Waals surface area contributed by atoms with Crippen LogP contribution in [0.3, 0.4) is 0 Å². The van der Waals surface area contributed by atoms with Crippen molar-refractivity contribution in [3.8, 4) is 0 Å². The fraction of sp³-hybridized carbons (Fsp3) is 0.650. The average Bonchev–Trinajstić information content (AvgIpc) is 2.70. The van der Waals surface area contributed by atoms with Crippen LogP contribution in [0.15, 0.2) is 34.2 Å². The van der Waals surface area contributed by atoms with Crippen LogP contribution in [0, 0.1) is 0 Å². The molecule has 0 bridgehead atoms. The Bertz CT molecular complexity index is 732. The van der Waals surface area contributed by atoms with E-state index in [1.54, 1.807) is 19.2 Å². The maximum atomic E-state index is 11.5. The van der Waals surface area contributed by atoms with Gasteiger partial charge in [0.2, 0.25) is 0 Å². The normalized spacial score (nSPS) is 17.4. The maximum absolute atomic E-state index is 11.5. The molecule has 2 N–H and O–H groups in total. The van der Waals surface area contributed by atoms with E-state index in [9.17, 15) is 8.42 Å². The molecular formula is C20H36IN5O2S. The van der Waals surface area contributed by atoms with Gasteiger partial charge >= 0.3 is 0 Å². The summed E-state index contributed by atoms with van der Waals surface area (Å²) in [5, 5.41) is 6.74. The molecule has 0 aromatic heterocycles. The van der Waals surface area contributed by atoms with Crippen molar-refractivity contribution in [3.05, 3.63) is 29.8 Å². The number of likely N-dealkylation sites (N-methyl/N-ethyl adjacent to an activating group) is 1. The lowest BCUT2D eigenvalue weighted by molar-refractivity contribution is 0.107. The Morgan fingerprint density at radius 2 is 1.76 bits per heavy atom. The molecule has 0 saturated carbocycles. The Hall–Kier alpha value is -0.910. The van der Waals surface area contributed by atoms with E-state index in [2.05, 4.69) is 39.3 Å². The highest BCUT2D eigenvalue weighted by Crippen LogP contribution is 2.10. The number of hydrogen-bond donors (Lipinski definition) is 2. The summed E-state index contributed by atoms with van der Waals surface area (Å²) in [5.74, 6) is 0.798. The van der Waals surface area contributed by atoms with Crippen LogP contribution in [0.4, 0.5) is 0 Å². The summed E-state index contributed by atoms with van der Waals surface area (Å²) in [6.45, 7) is 11.7. The highest BCUT2D eigenvalue weighted by molar-refractivity contribution is 14.0. The number of sulfone groups is 1. The Morgan fingerprint density at radius 1 is 1.14 bits per heavy atom. The van der Waals surface area contributed by atoms with E-state index in [0.29, 0.717) is 10.9 Å². The van der Waals surface area contributed by atoms with Gasteiger partial charge in [0.25, 0.3) is 0 Å². The second kappa shape index (κ2) is 12.7. The summed E-state index contributed by atoms with van der Waals surface area (Å²) in [5.41, 5.74) is 1.09. The van der Waals surface area contributed by atoms with Crippen molar-refractivity contribution in [2.24, 2.45) is 4.99 Å². The molecule has 166 valence electrons. The summed E-state index contributed by atoms with van der Waals surface area (Å²) in [6.07, 6.45) is 2.03. The minimum Gasteiger partial charge on any atom is -0.356 e. The molecule has 29 heavy (non-hydrogen) atoms. The van der Waals surface area contributed by atoms with E-state index in [-0.39, 0.29) is 24.0 Å². The zero-order valence-corrected chi connectivity index (χ0v) is 21.2. The SMILES string of the molecule is CCN1CCN(C(C)CNC(=NC)NCCc2ccc(S(C)(=O)=O)cc2)CC1.I. The van der Waals surface area contributed by atoms with Crippen LogP contribution >= 0.6 is 24.0 Å². The van der Waals surface area contributed by atoms with Gasteiger partial charge in [0.05, 0.1) is 4.90 Å². The lowest BCUT2D eigenvalue weighted by Crippen LogP contribution is -2.53. The Balaban J connectivity index is 0.00000420. The average molecular weight is 538 g/mol. The summed E-state index contributed by atoms with van der Waals surface area (Å²) in [4.78, 5) is 9.66. The molecule has 9 heteroatoms. The van der Waals surface area contributed by atoms with Gasteiger partial charge < -0.3 is 15.5 Å². The van der Waals surface area contributed by atoms with Gasteiger partial charge in [-0.05, 0) is 37.6 Å². The lowest BCUT2D eigenvalue weighted by atomic mass is 10.1. The Kier molecular flexibility index (Phi) is 11.4. The fourth-order valence-corrected chi connectivity index (χ4v) is 3.97. The molecule has 1 aromatic rings. The van der Waals surface area contributed by atoms with Crippen molar-refractivity contribution in [1.29, 1.82) is 0 Å². The number of aliphatic imine (C=N–C) groups is 1. The van der Waals surface area contributed by atoms with Crippen LogP contribution in [0.5, 0.6) is 0 Å². The quantitative estimate of drug-likeness (QED) is 0.297. The first-order valence-electron chi connectivity index (χ1n) is 10.0. The van der Waals surface area contributed by atoms with Gasteiger partial charge in [-0.2, -0.15) is 0 Å². The third-order valence-electron chi connectivity index (χ3n) is 5.32. The smallest absolute Gasteiger partial charge is 0.191 e. The molecule has 1 aromatic carbocycles. The monoisotopic (exact) mass is 537 g/mol. The van der Waals surface area contributed by atoms with Crippen LogP contribution in [0.1, 0.15) is 19.4 Å². The van der Waals surface area contributed by atoms with Crippen molar-refractivity contribution in [1.82, 2.24) is 20.4 Å². The van der Waals surface area contributed by atoms with Crippen LogP contribution in [-0.4, -0.2) is 89.3 Å². The van der Waals surface area contributed by atoms with Gasteiger partial charge in [-0.3, -0.25) is 9.89 Å². The van der Waals surface area contributed by atoms with E-state index >= 15 is 0 Å². The van der Waals surface area contributed by atoms with Gasteiger partial charge in [0.1, 0.15) is 0 Å². The van der Waals surface area contributed by atoms with Crippen molar-refractivity contribution >= 4 is 39.8 Å². The molecule has 2 rings (SSSR count). The summed E-state index contributed by atoms with van der Waals surface area (Å²) >= 11 is 0. The molecule has 0 radical (unpaired) electrons. The molecule has 1 atom stereocenters. The maximum Gasteiger partial charge on any atom is 0.191 e. The van der Waals surface area contributed by atoms with Crippen LogP contribution in [0.25, 0.3) is 0 Å². The fourth-order valence-electron chi connectivity index (χ4n) is 3.34. The largest absolute Gasteiger partial charge is 0.356 e. The van der Waals surface area contributed by atoms with E-state index in [0.717, 1.165) is 63.8 Å². The van der Waals surface area contributed by atoms with Crippen molar-refractivity contribution in [3.63, 3.8) is 0 Å². The molecular weight excluding hydrogens is 501 g/mol. The van der Waals surface area contributed by atoms with Crippen LogP contribution < -0.4 is 10.6 Å². The zero-order chi connectivity index (χ0) is 20.6. The lowest BCUT2D eigenvalue weighted by Gasteiger charge is -2.37. The summed E-state index contributed by atoms with van der Waals surface area (Å²) < 4.78 is 23.0. The Morgan fingerprint density at radius 3 is 2.28 bits per heavy atom. The molecule has 7 nitrogen and oxygen atoms in total. The summed E-state index contributed by atoms with van der Waals surface area (Å²) in [6, 6.07) is 7.52. The number of nitrogens with one attached hydrogen (secondary N) is 2.